The molecule has 8 heteroatoms. The highest BCUT2D eigenvalue weighted by Gasteiger charge is 2.25. The molecule has 0 unspecified atom stereocenters. The average Bonchev–Trinajstić information content (AvgIpc) is 2.65. The highest BCUT2D eigenvalue weighted by molar-refractivity contribution is 7.91. The molecule has 0 aliphatic heterocycles. The number of rotatable bonds is 7. The molecule has 0 saturated heterocycles. The van der Waals surface area contributed by atoms with Gasteiger partial charge in [0.05, 0.1) is 17.8 Å². The standard InChI is InChI=1S/C18H19NO6S/c1-25-18(22)16(19-17(21)13-7-9-14(20)10-8-13)11-12-26(23,24)15-5-3-2-4-6-15/h2-10,16,20H,11-12H2,1H3,(H,19,21)/t16-/m1/s1. The largest absolute Gasteiger partial charge is 0.508 e. The number of hydrogen-bond donors (Lipinski definition) is 2. The van der Waals surface area contributed by atoms with Crippen molar-refractivity contribution < 1.29 is 27.9 Å². The van der Waals surface area contributed by atoms with Gasteiger partial charge in [-0.2, -0.15) is 0 Å². The fourth-order valence-corrected chi connectivity index (χ4v) is 3.62. The van der Waals surface area contributed by atoms with Crippen molar-refractivity contribution in [1.82, 2.24) is 5.32 Å². The maximum atomic E-state index is 12.3. The van der Waals surface area contributed by atoms with Crippen LogP contribution in [0.3, 0.4) is 0 Å². The summed E-state index contributed by atoms with van der Waals surface area (Å²) in [7, 11) is -2.43. The summed E-state index contributed by atoms with van der Waals surface area (Å²) < 4.78 is 29.3. The van der Waals surface area contributed by atoms with Gasteiger partial charge in [-0.05, 0) is 42.8 Å². The van der Waals surface area contributed by atoms with Crippen molar-refractivity contribution in [3.05, 3.63) is 60.2 Å². The smallest absolute Gasteiger partial charge is 0.328 e. The van der Waals surface area contributed by atoms with Crippen molar-refractivity contribution in [2.45, 2.75) is 17.4 Å². The van der Waals surface area contributed by atoms with Crippen LogP contribution in [0.15, 0.2) is 59.5 Å². The van der Waals surface area contributed by atoms with E-state index < -0.39 is 27.8 Å². The molecule has 0 aliphatic rings. The molecule has 0 fully saturated rings. The number of esters is 1. The van der Waals surface area contributed by atoms with Gasteiger partial charge in [0.25, 0.3) is 5.91 Å². The van der Waals surface area contributed by atoms with E-state index >= 15 is 0 Å². The van der Waals surface area contributed by atoms with Gasteiger partial charge in [-0.3, -0.25) is 4.79 Å². The molecule has 2 N–H and O–H groups in total. The van der Waals surface area contributed by atoms with Gasteiger partial charge in [0.15, 0.2) is 9.84 Å². The van der Waals surface area contributed by atoms with Crippen LogP contribution in [0.5, 0.6) is 5.75 Å². The minimum Gasteiger partial charge on any atom is -0.508 e. The Balaban J connectivity index is 2.09. The second-order valence-electron chi connectivity index (χ2n) is 5.52. The number of phenols is 1. The van der Waals surface area contributed by atoms with E-state index in [2.05, 4.69) is 10.1 Å². The van der Waals surface area contributed by atoms with Gasteiger partial charge in [0, 0.05) is 5.56 Å². The molecule has 2 aromatic carbocycles. The molecule has 138 valence electrons. The van der Waals surface area contributed by atoms with Crippen LogP contribution >= 0.6 is 0 Å². The maximum Gasteiger partial charge on any atom is 0.328 e. The van der Waals surface area contributed by atoms with Gasteiger partial charge >= 0.3 is 5.97 Å². The van der Waals surface area contributed by atoms with E-state index in [1.54, 1.807) is 18.2 Å². The SMILES string of the molecule is COC(=O)[C@@H](CCS(=O)(=O)c1ccccc1)NC(=O)c1ccc(O)cc1. The van der Waals surface area contributed by atoms with E-state index in [0.29, 0.717) is 0 Å². The van der Waals surface area contributed by atoms with Crippen LogP contribution in [0.4, 0.5) is 0 Å². The minimum absolute atomic E-state index is 0.0000207. The minimum atomic E-state index is -3.60. The van der Waals surface area contributed by atoms with Gasteiger partial charge in [0.2, 0.25) is 0 Å². The number of ether oxygens (including phenoxy) is 1. The van der Waals surface area contributed by atoms with Crippen LogP contribution in [-0.4, -0.2) is 44.3 Å². The maximum absolute atomic E-state index is 12.3. The van der Waals surface area contributed by atoms with Crippen molar-refractivity contribution in [2.75, 3.05) is 12.9 Å². The van der Waals surface area contributed by atoms with Crippen LogP contribution in [-0.2, 0) is 19.4 Å². The number of carbonyl (C=O) groups excluding carboxylic acids is 2. The molecule has 0 spiro atoms. The average molecular weight is 377 g/mol. The lowest BCUT2D eigenvalue weighted by molar-refractivity contribution is -0.142. The number of sulfone groups is 1. The fraction of sp³-hybridized carbons (Fsp3) is 0.222. The van der Waals surface area contributed by atoms with E-state index in [0.717, 1.165) is 7.11 Å². The van der Waals surface area contributed by atoms with Crippen LogP contribution in [0, 0.1) is 0 Å². The molecule has 0 aromatic heterocycles. The Kier molecular flexibility index (Phi) is 6.35. The second kappa shape index (κ2) is 8.48. The monoisotopic (exact) mass is 377 g/mol. The third-order valence-corrected chi connectivity index (χ3v) is 5.46. The summed E-state index contributed by atoms with van der Waals surface area (Å²) in [4.78, 5) is 24.3. The first-order chi connectivity index (χ1) is 12.3. The Morgan fingerprint density at radius 2 is 1.69 bits per heavy atom. The first kappa shape index (κ1) is 19.5. The number of nitrogens with one attached hydrogen (secondary N) is 1. The molecule has 0 saturated carbocycles. The number of phenolic OH excluding ortho intramolecular Hbond substituents is 1. The number of carbonyl (C=O) groups is 2. The summed E-state index contributed by atoms with van der Waals surface area (Å²) in [6.07, 6.45) is -0.131. The van der Waals surface area contributed by atoms with Crippen molar-refractivity contribution in [3.8, 4) is 5.75 Å². The molecule has 1 atom stereocenters. The molecule has 2 aromatic rings. The van der Waals surface area contributed by atoms with Gasteiger partial charge < -0.3 is 15.2 Å². The van der Waals surface area contributed by atoms with E-state index in [-0.39, 0.29) is 28.4 Å². The summed E-state index contributed by atoms with van der Waals surface area (Å²) in [5, 5.41) is 11.7. The molecule has 7 nitrogen and oxygen atoms in total. The molecular weight excluding hydrogens is 358 g/mol. The van der Waals surface area contributed by atoms with Crippen molar-refractivity contribution >= 4 is 21.7 Å². The van der Waals surface area contributed by atoms with Crippen LogP contribution < -0.4 is 5.32 Å². The molecule has 0 heterocycles. The lowest BCUT2D eigenvalue weighted by atomic mass is 10.1. The lowest BCUT2D eigenvalue weighted by Gasteiger charge is -2.16. The first-order valence-corrected chi connectivity index (χ1v) is 9.44. The molecule has 0 radical (unpaired) electrons. The first-order valence-electron chi connectivity index (χ1n) is 7.79. The van der Waals surface area contributed by atoms with Crippen molar-refractivity contribution in [2.24, 2.45) is 0 Å². The predicted molar refractivity (Wildman–Crippen MR) is 94.5 cm³/mol. The third kappa shape index (κ3) is 5.06. The number of benzene rings is 2. The molecular formula is C18H19NO6S. The molecule has 0 bridgehead atoms. The second-order valence-corrected chi connectivity index (χ2v) is 7.63. The number of hydrogen-bond acceptors (Lipinski definition) is 6. The Morgan fingerprint density at radius 1 is 1.08 bits per heavy atom. The number of methoxy groups -OCH3 is 1. The zero-order chi connectivity index (χ0) is 19.2. The summed E-state index contributed by atoms with van der Waals surface area (Å²) in [5.41, 5.74) is 0.225. The highest BCUT2D eigenvalue weighted by atomic mass is 32.2. The topological polar surface area (TPSA) is 110 Å². The highest BCUT2D eigenvalue weighted by Crippen LogP contribution is 2.14. The van der Waals surface area contributed by atoms with Crippen LogP contribution in [0.25, 0.3) is 0 Å². The Labute approximate surface area is 151 Å². The zero-order valence-electron chi connectivity index (χ0n) is 14.1. The molecule has 26 heavy (non-hydrogen) atoms. The zero-order valence-corrected chi connectivity index (χ0v) is 14.9. The fourth-order valence-electron chi connectivity index (χ4n) is 2.26. The number of aromatic hydroxyl groups is 1. The molecule has 1 amide bonds. The third-order valence-electron chi connectivity index (χ3n) is 3.70. The van der Waals surface area contributed by atoms with Gasteiger partial charge in [-0.15, -0.1) is 0 Å². The summed E-state index contributed by atoms with van der Waals surface area (Å²) in [6, 6.07) is 12.2. The lowest BCUT2D eigenvalue weighted by Crippen LogP contribution is -2.42. The normalized spacial score (nSPS) is 12.2. The van der Waals surface area contributed by atoms with Gasteiger partial charge in [0.1, 0.15) is 11.8 Å². The van der Waals surface area contributed by atoms with Crippen molar-refractivity contribution in [1.29, 1.82) is 0 Å². The van der Waals surface area contributed by atoms with Crippen molar-refractivity contribution in [3.63, 3.8) is 0 Å². The summed E-state index contributed by atoms with van der Waals surface area (Å²) in [5.74, 6) is -1.63. The quantitative estimate of drug-likeness (QED) is 0.708. The Morgan fingerprint density at radius 3 is 2.27 bits per heavy atom. The van der Waals surface area contributed by atoms with Crippen LogP contribution in [0.2, 0.25) is 0 Å². The van der Waals surface area contributed by atoms with E-state index in [1.807, 2.05) is 0 Å². The predicted octanol–water partition coefficient (Wildman–Crippen LogP) is 1.53. The number of amides is 1. The van der Waals surface area contributed by atoms with E-state index in [9.17, 15) is 23.1 Å². The Hall–Kier alpha value is -2.87. The summed E-state index contributed by atoms with van der Waals surface area (Å²) in [6.45, 7) is 0. The summed E-state index contributed by atoms with van der Waals surface area (Å²) >= 11 is 0. The molecule has 2 rings (SSSR count). The Bertz CT molecular complexity index is 862. The van der Waals surface area contributed by atoms with E-state index in [4.69, 9.17) is 0 Å². The van der Waals surface area contributed by atoms with Gasteiger partial charge in [-0.25, -0.2) is 13.2 Å². The van der Waals surface area contributed by atoms with Gasteiger partial charge in [-0.1, -0.05) is 18.2 Å². The molecule has 0 aliphatic carbocycles. The van der Waals surface area contributed by atoms with E-state index in [1.165, 1.54) is 36.4 Å². The van der Waals surface area contributed by atoms with Crippen LogP contribution in [0.1, 0.15) is 16.8 Å².